The van der Waals surface area contributed by atoms with Crippen LogP contribution in [-0.2, 0) is 16.1 Å². The van der Waals surface area contributed by atoms with Crippen molar-refractivity contribution in [2.45, 2.75) is 19.4 Å². The van der Waals surface area contributed by atoms with Crippen LogP contribution in [0.5, 0.6) is 0 Å². The number of hydrogen-bond donors (Lipinski definition) is 0. The molecule has 7 nitrogen and oxygen atoms in total. The molecule has 0 unspecified atom stereocenters. The van der Waals surface area contributed by atoms with Gasteiger partial charge in [0, 0.05) is 6.42 Å². The Balaban J connectivity index is 1.52. The van der Waals surface area contributed by atoms with Gasteiger partial charge in [0.1, 0.15) is 0 Å². The first-order chi connectivity index (χ1) is 12.1. The van der Waals surface area contributed by atoms with Gasteiger partial charge >= 0.3 is 5.97 Å². The molecule has 9 heteroatoms. The lowest BCUT2D eigenvalue weighted by molar-refractivity contribution is -0.145. The average molecular weight is 377 g/mol. The molecule has 0 radical (unpaired) electrons. The molecular weight excluding hydrogens is 364 g/mol. The van der Waals surface area contributed by atoms with E-state index in [0.29, 0.717) is 15.0 Å². The van der Waals surface area contributed by atoms with E-state index in [1.165, 1.54) is 16.0 Å². The first-order valence-electron chi connectivity index (χ1n) is 7.40. The molecule has 3 rings (SSSR count). The molecule has 128 valence electrons. The summed E-state index contributed by atoms with van der Waals surface area (Å²) in [5.74, 6) is -0.225. The van der Waals surface area contributed by atoms with Crippen LogP contribution in [0.15, 0.2) is 42.5 Å². The third-order valence-electron chi connectivity index (χ3n) is 3.30. The molecule has 0 spiro atoms. The molecule has 0 fully saturated rings. The molecule has 1 aromatic carbocycles. The van der Waals surface area contributed by atoms with Gasteiger partial charge in [-0.3, -0.25) is 9.59 Å². The zero-order valence-corrected chi connectivity index (χ0v) is 14.5. The number of Topliss-reactive ketones (excluding diaryl/α,β-unsaturated/α-hetero) is 1. The fourth-order valence-corrected chi connectivity index (χ4v) is 3.10. The van der Waals surface area contributed by atoms with Crippen molar-refractivity contribution >= 4 is 34.7 Å². The van der Waals surface area contributed by atoms with E-state index >= 15 is 0 Å². The molecule has 0 amide bonds. The highest BCUT2D eigenvalue weighted by Gasteiger charge is 2.14. The van der Waals surface area contributed by atoms with Crippen LogP contribution in [-0.4, -0.2) is 32.0 Å². The van der Waals surface area contributed by atoms with Crippen molar-refractivity contribution in [3.05, 3.63) is 57.5 Å². The van der Waals surface area contributed by atoms with E-state index in [9.17, 15) is 9.59 Å². The van der Waals surface area contributed by atoms with E-state index in [4.69, 9.17) is 16.3 Å². The van der Waals surface area contributed by atoms with E-state index in [1.54, 1.807) is 12.1 Å². The summed E-state index contributed by atoms with van der Waals surface area (Å²) in [6.45, 7) is -0.0697. The van der Waals surface area contributed by atoms with Crippen molar-refractivity contribution < 1.29 is 14.3 Å². The smallest absolute Gasteiger partial charge is 0.306 e. The van der Waals surface area contributed by atoms with E-state index in [0.717, 1.165) is 5.69 Å². The van der Waals surface area contributed by atoms with Gasteiger partial charge in [0.25, 0.3) is 0 Å². The number of para-hydroxylation sites is 1. The maximum atomic E-state index is 11.9. The molecule has 2 heterocycles. The number of rotatable bonds is 7. The molecule has 0 aliphatic carbocycles. The van der Waals surface area contributed by atoms with Gasteiger partial charge in [-0.15, -0.1) is 16.4 Å². The number of ether oxygens (including phenoxy) is 1. The highest BCUT2D eigenvalue weighted by atomic mass is 35.5. The Hall–Kier alpha value is -2.58. The maximum absolute atomic E-state index is 11.9. The largest absolute Gasteiger partial charge is 0.457 e. The third kappa shape index (κ3) is 4.49. The first kappa shape index (κ1) is 17.2. The summed E-state index contributed by atoms with van der Waals surface area (Å²) >= 11 is 6.99. The number of aromatic nitrogens is 4. The second-order valence-corrected chi connectivity index (χ2v) is 6.75. The highest BCUT2D eigenvalue weighted by Crippen LogP contribution is 2.23. The third-order valence-corrected chi connectivity index (χ3v) is 4.57. The average Bonchev–Trinajstić information content (AvgIpc) is 3.27. The van der Waals surface area contributed by atoms with Gasteiger partial charge in [0.15, 0.2) is 18.2 Å². The minimum absolute atomic E-state index is 0.0126. The lowest BCUT2D eigenvalue weighted by atomic mass is 10.2. The van der Waals surface area contributed by atoms with E-state index in [1.807, 2.05) is 30.3 Å². The minimum Gasteiger partial charge on any atom is -0.457 e. The number of benzene rings is 1. The normalized spacial score (nSPS) is 10.6. The fourth-order valence-electron chi connectivity index (χ4n) is 2.09. The molecule has 0 N–H and O–H groups in total. The number of ketones is 1. The second kappa shape index (κ2) is 8.00. The standard InChI is InChI=1S/C16H13ClN4O3S/c17-14-8-7-13(25-14)12(22)6-9-16(23)24-10-15-18-19-20-21(15)11-4-2-1-3-5-11/h1-5,7-8H,6,9-10H2. The van der Waals surface area contributed by atoms with Crippen molar-refractivity contribution in [1.29, 1.82) is 0 Å². The van der Waals surface area contributed by atoms with Gasteiger partial charge in [-0.05, 0) is 34.7 Å². The van der Waals surface area contributed by atoms with Crippen molar-refractivity contribution in [2.75, 3.05) is 0 Å². The predicted molar refractivity (Wildman–Crippen MR) is 91.8 cm³/mol. The Bertz CT molecular complexity index is 878. The number of halogens is 1. The van der Waals surface area contributed by atoms with Crippen molar-refractivity contribution in [2.24, 2.45) is 0 Å². The van der Waals surface area contributed by atoms with Gasteiger partial charge in [-0.1, -0.05) is 29.8 Å². The number of tetrazole rings is 1. The summed E-state index contributed by atoms with van der Waals surface area (Å²) in [6, 6.07) is 12.6. The molecule has 0 saturated heterocycles. The summed E-state index contributed by atoms with van der Waals surface area (Å²) in [5, 5.41) is 11.3. The predicted octanol–water partition coefficient (Wildman–Crippen LogP) is 3.08. The zero-order chi connectivity index (χ0) is 17.6. The summed E-state index contributed by atoms with van der Waals surface area (Å²) < 4.78 is 7.20. The van der Waals surface area contributed by atoms with Crippen molar-refractivity contribution in [3.63, 3.8) is 0 Å². The summed E-state index contributed by atoms with van der Waals surface area (Å²) in [6.07, 6.45) is 0.0561. The summed E-state index contributed by atoms with van der Waals surface area (Å²) in [4.78, 5) is 24.3. The second-order valence-electron chi connectivity index (χ2n) is 5.03. The van der Waals surface area contributed by atoms with E-state index in [-0.39, 0.29) is 25.2 Å². The maximum Gasteiger partial charge on any atom is 0.306 e. The lowest BCUT2D eigenvalue weighted by Gasteiger charge is -2.05. The summed E-state index contributed by atoms with van der Waals surface area (Å²) in [5.41, 5.74) is 0.767. The quantitative estimate of drug-likeness (QED) is 0.465. The molecular formula is C16H13ClN4O3S. The van der Waals surface area contributed by atoms with Crippen LogP contribution in [0, 0.1) is 0 Å². The fraction of sp³-hybridized carbons (Fsp3) is 0.188. The Morgan fingerprint density at radius 3 is 2.64 bits per heavy atom. The Morgan fingerprint density at radius 1 is 1.12 bits per heavy atom. The van der Waals surface area contributed by atoms with Gasteiger partial charge in [0.05, 0.1) is 21.3 Å². The lowest BCUT2D eigenvalue weighted by Crippen LogP contribution is -2.11. The molecule has 0 aliphatic heterocycles. The van der Waals surface area contributed by atoms with Crippen molar-refractivity contribution in [1.82, 2.24) is 20.2 Å². The van der Waals surface area contributed by atoms with Crippen molar-refractivity contribution in [3.8, 4) is 5.69 Å². The highest BCUT2D eigenvalue weighted by molar-refractivity contribution is 7.18. The number of thiophene rings is 1. The SMILES string of the molecule is O=C(CCC(=O)c1ccc(Cl)s1)OCc1nnnn1-c1ccccc1. The van der Waals surface area contributed by atoms with Crippen LogP contribution in [0.4, 0.5) is 0 Å². The molecule has 3 aromatic rings. The minimum atomic E-state index is -0.487. The van der Waals surface area contributed by atoms with Crippen LogP contribution in [0.2, 0.25) is 4.34 Å². The molecule has 25 heavy (non-hydrogen) atoms. The van der Waals surface area contributed by atoms with Crippen LogP contribution >= 0.6 is 22.9 Å². The monoisotopic (exact) mass is 376 g/mol. The van der Waals surface area contributed by atoms with Gasteiger partial charge in [0.2, 0.25) is 0 Å². The molecule has 2 aromatic heterocycles. The number of hydrogen-bond acceptors (Lipinski definition) is 7. The van der Waals surface area contributed by atoms with Crippen LogP contribution in [0.3, 0.4) is 0 Å². The Morgan fingerprint density at radius 2 is 1.92 bits per heavy atom. The number of nitrogens with zero attached hydrogens (tertiary/aromatic N) is 4. The van der Waals surface area contributed by atoms with Crippen LogP contribution in [0.25, 0.3) is 5.69 Å². The molecule has 0 atom stereocenters. The Kier molecular flexibility index (Phi) is 5.52. The number of esters is 1. The van der Waals surface area contributed by atoms with Crippen LogP contribution in [0.1, 0.15) is 28.3 Å². The van der Waals surface area contributed by atoms with E-state index in [2.05, 4.69) is 15.5 Å². The van der Waals surface area contributed by atoms with Gasteiger partial charge in [-0.2, -0.15) is 4.68 Å². The van der Waals surface area contributed by atoms with Crippen LogP contribution < -0.4 is 0 Å². The molecule has 0 bridgehead atoms. The number of carbonyl (C=O) groups is 2. The molecule has 0 aliphatic rings. The first-order valence-corrected chi connectivity index (χ1v) is 8.60. The van der Waals surface area contributed by atoms with E-state index < -0.39 is 5.97 Å². The summed E-state index contributed by atoms with van der Waals surface area (Å²) in [7, 11) is 0. The van der Waals surface area contributed by atoms with Gasteiger partial charge in [-0.25, -0.2) is 0 Å². The molecule has 0 saturated carbocycles. The zero-order valence-electron chi connectivity index (χ0n) is 13.0. The Labute approximate surface area is 152 Å². The van der Waals surface area contributed by atoms with Gasteiger partial charge < -0.3 is 4.74 Å². The number of carbonyl (C=O) groups excluding carboxylic acids is 2. The topological polar surface area (TPSA) is 87.0 Å².